The lowest BCUT2D eigenvalue weighted by molar-refractivity contribution is 0.268. The fourth-order valence-electron chi connectivity index (χ4n) is 1.83. The maximum atomic E-state index is 8.95. The number of rotatable bonds is 5. The molecule has 2 aromatic heterocycles. The molecule has 1 atom stereocenters. The lowest BCUT2D eigenvalue weighted by Crippen LogP contribution is -2.26. The van der Waals surface area contributed by atoms with Gasteiger partial charge in [0.05, 0.1) is 12.3 Å². The largest absolute Gasteiger partial charge is 0.468 e. The topological polar surface area (TPSA) is 78.2 Å². The summed E-state index contributed by atoms with van der Waals surface area (Å²) in [6.45, 7) is 2.27. The van der Waals surface area contributed by atoms with Crippen LogP contribution in [0.4, 0.5) is 5.88 Å². The maximum Gasteiger partial charge on any atom is 0.232 e. The van der Waals surface area contributed by atoms with E-state index in [1.807, 2.05) is 37.2 Å². The molecule has 2 aromatic rings. The minimum Gasteiger partial charge on any atom is -0.468 e. The number of aryl methyl sites for hydroxylation is 1. The number of hydrogen-bond donors (Lipinski definition) is 1. The summed E-state index contributed by atoms with van der Waals surface area (Å²) in [4.78, 5) is 6.02. The SMILES string of the molecule is Cc1nc(C#N)c(NCC(c2ccco2)N(C)C)o1. The minimum atomic E-state index is 0.0481. The number of nitriles is 1. The number of hydrogen-bond acceptors (Lipinski definition) is 6. The summed E-state index contributed by atoms with van der Waals surface area (Å²) in [6.07, 6.45) is 1.64. The van der Waals surface area contributed by atoms with E-state index in [1.165, 1.54) is 0 Å². The molecule has 0 aliphatic heterocycles. The van der Waals surface area contributed by atoms with Crippen molar-refractivity contribution >= 4 is 5.88 Å². The van der Waals surface area contributed by atoms with Crippen molar-refractivity contribution in [1.82, 2.24) is 9.88 Å². The fourth-order valence-corrected chi connectivity index (χ4v) is 1.83. The van der Waals surface area contributed by atoms with Crippen LogP contribution in [-0.4, -0.2) is 30.5 Å². The number of anilines is 1. The van der Waals surface area contributed by atoms with Crippen LogP contribution in [0.2, 0.25) is 0 Å². The molecular weight excluding hydrogens is 244 g/mol. The van der Waals surface area contributed by atoms with Gasteiger partial charge in [0.2, 0.25) is 11.6 Å². The van der Waals surface area contributed by atoms with Crippen molar-refractivity contribution in [3.8, 4) is 6.07 Å². The predicted molar refractivity (Wildman–Crippen MR) is 69.6 cm³/mol. The first-order chi connectivity index (χ1) is 9.11. The maximum absolute atomic E-state index is 8.95. The Kier molecular flexibility index (Phi) is 3.88. The molecule has 1 unspecified atom stereocenters. The van der Waals surface area contributed by atoms with E-state index in [-0.39, 0.29) is 11.7 Å². The van der Waals surface area contributed by atoms with Gasteiger partial charge in [-0.2, -0.15) is 5.26 Å². The Labute approximate surface area is 111 Å². The van der Waals surface area contributed by atoms with Crippen molar-refractivity contribution < 1.29 is 8.83 Å². The predicted octanol–water partition coefficient (Wildman–Crippen LogP) is 2.16. The Balaban J connectivity index is 2.09. The monoisotopic (exact) mass is 260 g/mol. The first-order valence-corrected chi connectivity index (χ1v) is 5.93. The van der Waals surface area contributed by atoms with E-state index in [0.717, 1.165) is 5.76 Å². The van der Waals surface area contributed by atoms with Gasteiger partial charge >= 0.3 is 0 Å². The van der Waals surface area contributed by atoms with E-state index in [0.29, 0.717) is 18.3 Å². The molecule has 0 saturated carbocycles. The highest BCUT2D eigenvalue weighted by Gasteiger charge is 2.18. The Morgan fingerprint density at radius 3 is 2.89 bits per heavy atom. The summed E-state index contributed by atoms with van der Waals surface area (Å²) in [5.74, 6) is 1.73. The van der Waals surface area contributed by atoms with Gasteiger partial charge in [0.15, 0.2) is 5.89 Å². The molecule has 0 fully saturated rings. The minimum absolute atomic E-state index is 0.0481. The third kappa shape index (κ3) is 2.95. The first-order valence-electron chi connectivity index (χ1n) is 5.93. The van der Waals surface area contributed by atoms with Crippen LogP contribution in [0.15, 0.2) is 27.2 Å². The molecule has 0 aliphatic carbocycles. The van der Waals surface area contributed by atoms with Crippen molar-refractivity contribution in [1.29, 1.82) is 5.26 Å². The van der Waals surface area contributed by atoms with Crippen molar-refractivity contribution in [3.05, 3.63) is 35.7 Å². The van der Waals surface area contributed by atoms with Gasteiger partial charge in [0.1, 0.15) is 11.8 Å². The highest BCUT2D eigenvalue weighted by Crippen LogP contribution is 2.21. The molecule has 0 saturated heterocycles. The smallest absolute Gasteiger partial charge is 0.232 e. The average Bonchev–Trinajstić information content (AvgIpc) is 2.98. The fraction of sp³-hybridized carbons (Fsp3) is 0.385. The standard InChI is InChI=1S/C13H16N4O2/c1-9-16-10(7-14)13(19-9)15-8-11(17(2)3)12-5-4-6-18-12/h4-6,11,15H,8H2,1-3H3. The van der Waals surface area contributed by atoms with Crippen molar-refractivity contribution in [2.45, 2.75) is 13.0 Å². The van der Waals surface area contributed by atoms with Gasteiger partial charge in [-0.25, -0.2) is 4.98 Å². The quantitative estimate of drug-likeness (QED) is 0.887. The molecule has 2 heterocycles. The van der Waals surface area contributed by atoms with Gasteiger partial charge in [0, 0.05) is 13.5 Å². The van der Waals surface area contributed by atoms with Gasteiger partial charge in [-0.1, -0.05) is 0 Å². The molecule has 0 aromatic carbocycles. The van der Waals surface area contributed by atoms with E-state index in [2.05, 4.69) is 10.3 Å². The normalized spacial score (nSPS) is 12.4. The van der Waals surface area contributed by atoms with Gasteiger partial charge in [-0.15, -0.1) is 0 Å². The van der Waals surface area contributed by atoms with Crippen LogP contribution >= 0.6 is 0 Å². The van der Waals surface area contributed by atoms with Gasteiger partial charge in [-0.3, -0.25) is 4.90 Å². The summed E-state index contributed by atoms with van der Waals surface area (Å²) in [7, 11) is 3.93. The number of aromatic nitrogens is 1. The Morgan fingerprint density at radius 1 is 1.53 bits per heavy atom. The second-order valence-electron chi connectivity index (χ2n) is 4.40. The zero-order valence-electron chi connectivity index (χ0n) is 11.2. The molecule has 2 rings (SSSR count). The lowest BCUT2D eigenvalue weighted by atomic mass is 10.2. The zero-order chi connectivity index (χ0) is 13.8. The van der Waals surface area contributed by atoms with Crippen molar-refractivity contribution in [3.63, 3.8) is 0 Å². The summed E-state index contributed by atoms with van der Waals surface area (Å²) in [5, 5.41) is 12.1. The number of likely N-dealkylation sites (N-methyl/N-ethyl adjacent to an activating group) is 1. The van der Waals surface area contributed by atoms with E-state index >= 15 is 0 Å². The van der Waals surface area contributed by atoms with Gasteiger partial charge < -0.3 is 14.2 Å². The van der Waals surface area contributed by atoms with Crippen molar-refractivity contribution in [2.75, 3.05) is 26.0 Å². The van der Waals surface area contributed by atoms with Crippen LogP contribution in [-0.2, 0) is 0 Å². The zero-order valence-corrected chi connectivity index (χ0v) is 11.2. The molecule has 100 valence electrons. The van der Waals surface area contributed by atoms with Crippen LogP contribution < -0.4 is 5.32 Å². The Morgan fingerprint density at radius 2 is 2.32 bits per heavy atom. The lowest BCUT2D eigenvalue weighted by Gasteiger charge is -2.22. The van der Waals surface area contributed by atoms with Crippen LogP contribution in [0, 0.1) is 18.3 Å². The molecule has 0 radical (unpaired) electrons. The highest BCUT2D eigenvalue weighted by atomic mass is 16.4. The van der Waals surface area contributed by atoms with Crippen LogP contribution in [0.3, 0.4) is 0 Å². The molecule has 6 heteroatoms. The molecule has 19 heavy (non-hydrogen) atoms. The third-order valence-corrected chi connectivity index (χ3v) is 2.79. The van der Waals surface area contributed by atoms with Gasteiger partial charge in [0.25, 0.3) is 0 Å². The first kappa shape index (κ1) is 13.2. The Hall–Kier alpha value is -2.26. The number of oxazole rings is 1. The molecule has 0 amide bonds. The molecule has 0 bridgehead atoms. The number of furan rings is 1. The third-order valence-electron chi connectivity index (χ3n) is 2.79. The summed E-state index contributed by atoms with van der Waals surface area (Å²) in [6, 6.07) is 5.82. The summed E-state index contributed by atoms with van der Waals surface area (Å²) in [5.41, 5.74) is 0.273. The molecular formula is C13H16N4O2. The van der Waals surface area contributed by atoms with Gasteiger partial charge in [-0.05, 0) is 26.2 Å². The number of nitrogens with one attached hydrogen (secondary N) is 1. The molecule has 0 aliphatic rings. The molecule has 0 spiro atoms. The second kappa shape index (κ2) is 5.59. The second-order valence-corrected chi connectivity index (χ2v) is 4.40. The summed E-state index contributed by atoms with van der Waals surface area (Å²) < 4.78 is 10.8. The molecule has 1 N–H and O–H groups in total. The van der Waals surface area contributed by atoms with Crippen molar-refractivity contribution in [2.24, 2.45) is 0 Å². The average molecular weight is 260 g/mol. The van der Waals surface area contributed by atoms with E-state index in [1.54, 1.807) is 13.2 Å². The van der Waals surface area contributed by atoms with E-state index in [9.17, 15) is 0 Å². The van der Waals surface area contributed by atoms with Crippen LogP contribution in [0.25, 0.3) is 0 Å². The van der Waals surface area contributed by atoms with Crippen LogP contribution in [0.1, 0.15) is 23.4 Å². The number of nitrogens with zero attached hydrogens (tertiary/aromatic N) is 3. The highest BCUT2D eigenvalue weighted by molar-refractivity contribution is 5.45. The van der Waals surface area contributed by atoms with Crippen LogP contribution in [0.5, 0.6) is 0 Å². The molecule has 6 nitrogen and oxygen atoms in total. The Bertz CT molecular complexity index is 566. The van der Waals surface area contributed by atoms with E-state index < -0.39 is 0 Å². The van der Waals surface area contributed by atoms with E-state index in [4.69, 9.17) is 14.1 Å². The summed E-state index contributed by atoms with van der Waals surface area (Å²) >= 11 is 0.